The molecule has 21 heavy (non-hydrogen) atoms. The summed E-state index contributed by atoms with van der Waals surface area (Å²) in [6.07, 6.45) is 3.85. The minimum absolute atomic E-state index is 0.836. The Bertz CT molecular complexity index is 411. The highest BCUT2D eigenvalue weighted by Gasteiger charge is 2.19. The maximum Gasteiger partial charge on any atom is 0.0409 e. The van der Waals surface area contributed by atoms with E-state index in [0.717, 1.165) is 19.0 Å². The molecule has 1 aliphatic rings. The standard InChI is InChI=1S/C18H31N3/c1-4-11-19-14-17-7-5-6-8-18(17)21(3)15-16-9-12-20(2)13-10-16/h5-8,16,19H,4,9-15H2,1-3H3. The lowest BCUT2D eigenvalue weighted by molar-refractivity contribution is 0.222. The number of hydrogen-bond acceptors (Lipinski definition) is 3. The zero-order valence-electron chi connectivity index (χ0n) is 13.9. The summed E-state index contributed by atoms with van der Waals surface area (Å²) in [5, 5.41) is 3.52. The highest BCUT2D eigenvalue weighted by Crippen LogP contribution is 2.23. The molecule has 0 atom stereocenters. The number of piperidine rings is 1. The van der Waals surface area contributed by atoms with Crippen LogP contribution in [0.25, 0.3) is 0 Å². The topological polar surface area (TPSA) is 18.5 Å². The number of likely N-dealkylation sites (tertiary alicyclic amines) is 1. The van der Waals surface area contributed by atoms with E-state index >= 15 is 0 Å². The molecule has 2 rings (SSSR count). The lowest BCUT2D eigenvalue weighted by Gasteiger charge is -2.33. The second-order valence-corrected chi connectivity index (χ2v) is 6.43. The first-order valence-electron chi connectivity index (χ1n) is 8.39. The van der Waals surface area contributed by atoms with Gasteiger partial charge in [0.05, 0.1) is 0 Å². The molecule has 3 heteroatoms. The lowest BCUT2D eigenvalue weighted by Crippen LogP contribution is -2.36. The Balaban J connectivity index is 1.93. The first-order chi connectivity index (χ1) is 10.2. The summed E-state index contributed by atoms with van der Waals surface area (Å²) in [6.45, 7) is 7.95. The molecular weight excluding hydrogens is 258 g/mol. The number of para-hydroxylation sites is 1. The van der Waals surface area contributed by atoms with Gasteiger partial charge >= 0.3 is 0 Å². The number of rotatable bonds is 7. The van der Waals surface area contributed by atoms with Gasteiger partial charge in [-0.15, -0.1) is 0 Å². The van der Waals surface area contributed by atoms with Gasteiger partial charge in [0.15, 0.2) is 0 Å². The van der Waals surface area contributed by atoms with E-state index in [1.807, 2.05) is 0 Å². The van der Waals surface area contributed by atoms with Crippen LogP contribution in [0, 0.1) is 5.92 Å². The summed E-state index contributed by atoms with van der Waals surface area (Å²) < 4.78 is 0. The Morgan fingerprint density at radius 2 is 1.95 bits per heavy atom. The monoisotopic (exact) mass is 289 g/mol. The van der Waals surface area contributed by atoms with Crippen molar-refractivity contribution in [3.05, 3.63) is 29.8 Å². The second kappa shape index (κ2) is 8.40. The first kappa shape index (κ1) is 16.3. The largest absolute Gasteiger partial charge is 0.374 e. The fourth-order valence-corrected chi connectivity index (χ4v) is 3.16. The van der Waals surface area contributed by atoms with Gasteiger partial charge in [-0.25, -0.2) is 0 Å². The number of nitrogens with zero attached hydrogens (tertiary/aromatic N) is 2. The molecule has 0 amide bonds. The van der Waals surface area contributed by atoms with Gasteiger partial charge in [0.25, 0.3) is 0 Å². The molecule has 3 nitrogen and oxygen atoms in total. The molecule has 0 aromatic heterocycles. The number of anilines is 1. The predicted molar refractivity (Wildman–Crippen MR) is 91.9 cm³/mol. The highest BCUT2D eigenvalue weighted by atomic mass is 15.1. The molecule has 1 fully saturated rings. The van der Waals surface area contributed by atoms with Gasteiger partial charge in [0.2, 0.25) is 0 Å². The summed E-state index contributed by atoms with van der Waals surface area (Å²) >= 11 is 0. The molecule has 0 bridgehead atoms. The summed E-state index contributed by atoms with van der Waals surface area (Å²) in [4.78, 5) is 4.90. The Labute approximate surface area is 130 Å². The van der Waals surface area contributed by atoms with Gasteiger partial charge in [-0.3, -0.25) is 0 Å². The average Bonchev–Trinajstić information content (AvgIpc) is 2.50. The van der Waals surface area contributed by atoms with E-state index in [1.165, 1.54) is 50.1 Å². The Morgan fingerprint density at radius 1 is 1.24 bits per heavy atom. The van der Waals surface area contributed by atoms with Crippen LogP contribution < -0.4 is 10.2 Å². The van der Waals surface area contributed by atoms with E-state index in [2.05, 4.69) is 60.4 Å². The van der Waals surface area contributed by atoms with E-state index in [1.54, 1.807) is 0 Å². The summed E-state index contributed by atoms with van der Waals surface area (Å²) in [7, 11) is 4.48. The molecule has 1 N–H and O–H groups in total. The summed E-state index contributed by atoms with van der Waals surface area (Å²) in [5.74, 6) is 0.836. The van der Waals surface area contributed by atoms with Crippen LogP contribution in [0.4, 0.5) is 5.69 Å². The maximum absolute atomic E-state index is 3.52. The van der Waals surface area contributed by atoms with Gasteiger partial charge in [-0.2, -0.15) is 0 Å². The number of nitrogens with one attached hydrogen (secondary N) is 1. The maximum atomic E-state index is 3.52. The molecule has 0 unspecified atom stereocenters. The molecular formula is C18H31N3. The fraction of sp³-hybridized carbons (Fsp3) is 0.667. The van der Waals surface area contributed by atoms with Gasteiger partial charge in [-0.05, 0) is 63.5 Å². The zero-order chi connectivity index (χ0) is 15.1. The van der Waals surface area contributed by atoms with Crippen molar-refractivity contribution in [1.29, 1.82) is 0 Å². The zero-order valence-corrected chi connectivity index (χ0v) is 13.9. The molecule has 0 radical (unpaired) electrons. The minimum Gasteiger partial charge on any atom is -0.374 e. The van der Waals surface area contributed by atoms with Crippen molar-refractivity contribution in [3.8, 4) is 0 Å². The quantitative estimate of drug-likeness (QED) is 0.779. The van der Waals surface area contributed by atoms with E-state index in [9.17, 15) is 0 Å². The second-order valence-electron chi connectivity index (χ2n) is 6.43. The number of benzene rings is 1. The van der Waals surface area contributed by atoms with Crippen LogP contribution in [0.15, 0.2) is 24.3 Å². The van der Waals surface area contributed by atoms with E-state index in [0.29, 0.717) is 0 Å². The van der Waals surface area contributed by atoms with Crippen LogP contribution in [0.5, 0.6) is 0 Å². The summed E-state index contributed by atoms with van der Waals surface area (Å²) in [6, 6.07) is 8.82. The molecule has 0 aliphatic carbocycles. The summed E-state index contributed by atoms with van der Waals surface area (Å²) in [5.41, 5.74) is 2.81. The normalized spacial score (nSPS) is 17.1. The van der Waals surface area contributed by atoms with Gasteiger partial charge in [0.1, 0.15) is 0 Å². The van der Waals surface area contributed by atoms with Gasteiger partial charge < -0.3 is 15.1 Å². The van der Waals surface area contributed by atoms with Crippen LogP contribution in [0.2, 0.25) is 0 Å². The third-order valence-electron chi connectivity index (χ3n) is 4.52. The molecule has 1 aliphatic heterocycles. The van der Waals surface area contributed by atoms with Crippen molar-refractivity contribution >= 4 is 5.69 Å². The van der Waals surface area contributed by atoms with Crippen molar-refractivity contribution < 1.29 is 0 Å². The fourth-order valence-electron chi connectivity index (χ4n) is 3.16. The third kappa shape index (κ3) is 5.01. The van der Waals surface area contributed by atoms with Crippen LogP contribution >= 0.6 is 0 Å². The molecule has 1 heterocycles. The van der Waals surface area contributed by atoms with E-state index in [4.69, 9.17) is 0 Å². The van der Waals surface area contributed by atoms with E-state index < -0.39 is 0 Å². The molecule has 1 aromatic carbocycles. The van der Waals surface area contributed by atoms with Crippen molar-refractivity contribution in [2.45, 2.75) is 32.7 Å². The van der Waals surface area contributed by atoms with Crippen LogP contribution in [-0.4, -0.2) is 45.2 Å². The first-order valence-corrected chi connectivity index (χ1v) is 8.39. The van der Waals surface area contributed by atoms with Crippen molar-refractivity contribution in [3.63, 3.8) is 0 Å². The van der Waals surface area contributed by atoms with Crippen LogP contribution in [-0.2, 0) is 6.54 Å². The smallest absolute Gasteiger partial charge is 0.0409 e. The van der Waals surface area contributed by atoms with Gasteiger partial charge in [-0.1, -0.05) is 25.1 Å². The van der Waals surface area contributed by atoms with Crippen LogP contribution in [0.1, 0.15) is 31.7 Å². The molecule has 1 aromatic rings. The van der Waals surface area contributed by atoms with Crippen molar-refractivity contribution in [2.75, 3.05) is 45.2 Å². The van der Waals surface area contributed by atoms with E-state index in [-0.39, 0.29) is 0 Å². The third-order valence-corrected chi connectivity index (χ3v) is 4.52. The predicted octanol–water partition coefficient (Wildman–Crippen LogP) is 2.96. The average molecular weight is 289 g/mol. The highest BCUT2D eigenvalue weighted by molar-refractivity contribution is 5.53. The Morgan fingerprint density at radius 3 is 2.67 bits per heavy atom. The van der Waals surface area contributed by atoms with Crippen molar-refractivity contribution in [2.24, 2.45) is 5.92 Å². The Hall–Kier alpha value is -1.06. The SMILES string of the molecule is CCCNCc1ccccc1N(C)CC1CCN(C)CC1. The van der Waals surface area contributed by atoms with Gasteiger partial charge in [0, 0.05) is 25.8 Å². The molecule has 118 valence electrons. The molecule has 1 saturated heterocycles. The van der Waals surface area contributed by atoms with Crippen molar-refractivity contribution in [1.82, 2.24) is 10.2 Å². The molecule has 0 spiro atoms. The molecule has 0 saturated carbocycles. The minimum atomic E-state index is 0.836. The lowest BCUT2D eigenvalue weighted by atomic mass is 9.96. The number of hydrogen-bond donors (Lipinski definition) is 1. The van der Waals surface area contributed by atoms with Crippen LogP contribution in [0.3, 0.4) is 0 Å². The Kier molecular flexibility index (Phi) is 6.52.